The number of hydrogen-bond acceptors (Lipinski definition) is 4. The van der Waals surface area contributed by atoms with Crippen molar-refractivity contribution in [3.05, 3.63) is 188 Å². The SMILES string of the molecule is [2H]c1c([2H])c([2H])c(-n2c3c([2H])c([2H])c([2H])c([2H])c3c3c([2H])c([2H])c4c(c5c([2H])c([2H])c([2H])c([2H])c5n4-c4nc(-c5cccc(-c6ccccc6)c5)nc(-c5cccc6c5sc5ccccc56)n4)c32)c([2H])c1[2H]. The van der Waals surface area contributed by atoms with Crippen LogP contribution >= 0.6 is 11.3 Å². The second-order valence-electron chi connectivity index (χ2n) is 13.3. The Bertz CT molecular complexity index is 4390. The smallest absolute Gasteiger partial charge is 0.238 e. The van der Waals surface area contributed by atoms with Crippen molar-refractivity contribution < 1.29 is 20.6 Å². The van der Waals surface area contributed by atoms with Crippen molar-refractivity contribution in [2.24, 2.45) is 0 Å². The van der Waals surface area contributed by atoms with Crippen LogP contribution < -0.4 is 0 Å². The lowest BCUT2D eigenvalue weighted by atomic mass is 10.0. The number of thiophene rings is 1. The first-order valence-electron chi connectivity index (χ1n) is 25.4. The van der Waals surface area contributed by atoms with E-state index >= 15 is 0 Å². The molecular weight excluding hydrogens is 715 g/mol. The lowest BCUT2D eigenvalue weighted by molar-refractivity contribution is 0.954. The lowest BCUT2D eigenvalue weighted by Gasteiger charge is -2.12. The van der Waals surface area contributed by atoms with E-state index in [-0.39, 0.29) is 55.7 Å². The van der Waals surface area contributed by atoms with Crippen LogP contribution in [-0.2, 0) is 0 Å². The monoisotopic (exact) mass is 760 g/mol. The van der Waals surface area contributed by atoms with Gasteiger partial charge in [0.1, 0.15) is 0 Å². The van der Waals surface area contributed by atoms with E-state index in [9.17, 15) is 11.0 Å². The van der Waals surface area contributed by atoms with Crippen LogP contribution in [0.4, 0.5) is 0 Å². The van der Waals surface area contributed by atoms with Crippen molar-refractivity contribution in [1.82, 2.24) is 24.1 Å². The van der Waals surface area contributed by atoms with E-state index in [0.29, 0.717) is 11.1 Å². The molecule has 0 saturated carbocycles. The number of hydrogen-bond donors (Lipinski definition) is 0. The van der Waals surface area contributed by atoms with Crippen LogP contribution in [0.25, 0.3) is 109 Å². The first kappa shape index (κ1) is 20.5. The quantitative estimate of drug-likeness (QED) is 0.175. The molecule has 12 rings (SSSR count). The summed E-state index contributed by atoms with van der Waals surface area (Å²) in [6.45, 7) is 0. The second-order valence-corrected chi connectivity index (χ2v) is 14.4. The molecule has 0 aliphatic heterocycles. The van der Waals surface area contributed by atoms with Crippen LogP contribution in [-0.4, -0.2) is 24.1 Å². The van der Waals surface area contributed by atoms with Gasteiger partial charge < -0.3 is 4.57 Å². The van der Waals surface area contributed by atoms with Crippen LogP contribution in [0.15, 0.2) is 188 Å². The number of nitrogens with zero attached hydrogens (tertiary/aromatic N) is 5. The summed E-state index contributed by atoms with van der Waals surface area (Å²) < 4.78 is 141. The third kappa shape index (κ3) is 4.91. The molecule has 57 heavy (non-hydrogen) atoms. The second kappa shape index (κ2) is 12.6. The largest absolute Gasteiger partial charge is 0.309 e. The van der Waals surface area contributed by atoms with Crippen molar-refractivity contribution in [2.75, 3.05) is 0 Å². The summed E-state index contributed by atoms with van der Waals surface area (Å²) in [6, 6.07) is 20.3. The number of benzene rings is 8. The van der Waals surface area contributed by atoms with Gasteiger partial charge in [-0.1, -0.05) is 139 Å². The Hall–Kier alpha value is -7.41. The van der Waals surface area contributed by atoms with Crippen molar-refractivity contribution in [3.63, 3.8) is 0 Å². The molecule has 0 atom stereocenters. The minimum absolute atomic E-state index is 0.136. The molecule has 8 aromatic carbocycles. The standard InChI is InChI=1S/C51H31N5S/c1-3-15-32(16-4-1)33-17-13-18-34(31-33)49-52-50(41-25-14-24-39-37-22-9-12-28-45(37)57-48(39)41)54-51(53-49)56-43-27-11-8-23-40(43)46-44(56)30-29-38-36-21-7-10-26-42(36)55(47(38)46)35-19-5-2-6-20-35/h1-31H/i2D,5D,6D,7D,8D,10D,11D,19D,20D,21D,23D,26D,27D,29D,30D. The van der Waals surface area contributed by atoms with Crippen molar-refractivity contribution >= 4 is 75.1 Å². The summed E-state index contributed by atoms with van der Waals surface area (Å²) in [4.78, 5) is 15.2. The van der Waals surface area contributed by atoms with Crippen molar-refractivity contribution in [3.8, 4) is 45.5 Å². The van der Waals surface area contributed by atoms with Gasteiger partial charge in [0.25, 0.3) is 0 Å². The molecule has 0 aliphatic carbocycles. The average Bonchev–Trinajstić information content (AvgIpc) is 4.08. The predicted octanol–water partition coefficient (Wildman–Crippen LogP) is 13.4. The van der Waals surface area contributed by atoms with Crippen LogP contribution in [0.5, 0.6) is 0 Å². The molecule has 0 aliphatic rings. The minimum Gasteiger partial charge on any atom is -0.309 e. The zero-order chi connectivity index (χ0) is 50.5. The Morgan fingerprint density at radius 1 is 0.456 bits per heavy atom. The fourth-order valence-corrected chi connectivity index (χ4v) is 8.92. The number of fused-ring (bicyclic) bond motifs is 10. The average molecular weight is 761 g/mol. The van der Waals surface area contributed by atoms with Gasteiger partial charge in [0.05, 0.1) is 42.6 Å². The Morgan fingerprint density at radius 3 is 2.02 bits per heavy atom. The first-order valence-corrected chi connectivity index (χ1v) is 18.7. The minimum atomic E-state index is -0.777. The molecule has 266 valence electrons. The highest BCUT2D eigenvalue weighted by molar-refractivity contribution is 7.26. The Labute approximate surface area is 352 Å². The zero-order valence-electron chi connectivity index (χ0n) is 44.4. The van der Waals surface area contributed by atoms with Crippen molar-refractivity contribution in [2.45, 2.75) is 0 Å². The maximum absolute atomic E-state index is 9.91. The van der Waals surface area contributed by atoms with Crippen LogP contribution in [0.2, 0.25) is 0 Å². The molecule has 0 amide bonds. The van der Waals surface area contributed by atoms with E-state index in [1.54, 1.807) is 0 Å². The Balaban J connectivity index is 1.32. The summed E-state index contributed by atoms with van der Waals surface area (Å²) in [5, 5.41) is 0.878. The maximum atomic E-state index is 9.91. The molecule has 4 heterocycles. The van der Waals surface area contributed by atoms with Crippen molar-refractivity contribution in [1.29, 1.82) is 0 Å². The molecule has 0 bridgehead atoms. The summed E-state index contributed by atoms with van der Waals surface area (Å²) in [5.74, 6) is 0.0614. The fraction of sp³-hybridized carbons (Fsp3) is 0. The summed E-state index contributed by atoms with van der Waals surface area (Å²) >= 11 is 1.53. The first-order chi connectivity index (χ1) is 34.5. The van der Waals surface area contributed by atoms with Gasteiger partial charge in [-0.3, -0.25) is 4.57 Å². The third-order valence-electron chi connectivity index (χ3n) is 10.2. The lowest BCUT2D eigenvalue weighted by Crippen LogP contribution is -2.06. The Morgan fingerprint density at radius 2 is 1.14 bits per heavy atom. The molecule has 0 radical (unpaired) electrons. The van der Waals surface area contributed by atoms with Gasteiger partial charge in [-0.25, -0.2) is 4.98 Å². The normalized spacial score (nSPS) is 15.5. The van der Waals surface area contributed by atoms with E-state index in [4.69, 9.17) is 24.5 Å². The summed E-state index contributed by atoms with van der Waals surface area (Å²) in [6.07, 6.45) is 0. The van der Waals surface area contributed by atoms with E-state index in [1.807, 2.05) is 97.1 Å². The fourth-order valence-electron chi connectivity index (χ4n) is 7.71. The molecule has 0 unspecified atom stereocenters. The van der Waals surface area contributed by atoms with Gasteiger partial charge in [-0.05, 0) is 59.5 Å². The van der Waals surface area contributed by atoms with Gasteiger partial charge in [0.2, 0.25) is 5.95 Å². The molecule has 0 spiro atoms. The van der Waals surface area contributed by atoms with Crippen LogP contribution in [0.3, 0.4) is 0 Å². The summed E-state index contributed by atoms with van der Waals surface area (Å²) in [5.41, 5.74) is 1.12. The van der Waals surface area contributed by atoms with Gasteiger partial charge in [0.15, 0.2) is 11.6 Å². The number of aromatic nitrogens is 5. The highest BCUT2D eigenvalue weighted by atomic mass is 32.1. The van der Waals surface area contributed by atoms with Crippen LogP contribution in [0, 0.1) is 0 Å². The summed E-state index contributed by atoms with van der Waals surface area (Å²) in [7, 11) is 0. The molecule has 0 saturated heterocycles. The van der Waals surface area contributed by atoms with E-state index in [0.717, 1.165) is 35.9 Å². The number of rotatable bonds is 5. The van der Waals surface area contributed by atoms with E-state index in [2.05, 4.69) is 0 Å². The molecule has 12 aromatic rings. The van der Waals surface area contributed by atoms with Gasteiger partial charge in [-0.2, -0.15) is 9.97 Å². The highest BCUT2D eigenvalue weighted by Gasteiger charge is 2.23. The molecule has 6 heteroatoms. The zero-order valence-corrected chi connectivity index (χ0v) is 30.2. The highest BCUT2D eigenvalue weighted by Crippen LogP contribution is 2.43. The molecule has 0 N–H and O–H groups in total. The molecule has 5 nitrogen and oxygen atoms in total. The van der Waals surface area contributed by atoms with Gasteiger partial charge in [-0.15, -0.1) is 11.3 Å². The maximum Gasteiger partial charge on any atom is 0.238 e. The number of para-hydroxylation sites is 3. The van der Waals surface area contributed by atoms with Gasteiger partial charge in [0, 0.05) is 58.5 Å². The molecular formula is C51H31N5S. The van der Waals surface area contributed by atoms with Gasteiger partial charge >= 0.3 is 0 Å². The predicted molar refractivity (Wildman–Crippen MR) is 238 cm³/mol. The van der Waals surface area contributed by atoms with E-state index < -0.39 is 102 Å². The third-order valence-corrected chi connectivity index (χ3v) is 11.4. The molecule has 4 aromatic heterocycles. The molecule has 0 fully saturated rings. The van der Waals surface area contributed by atoms with E-state index in [1.165, 1.54) is 15.9 Å². The van der Waals surface area contributed by atoms with Crippen LogP contribution in [0.1, 0.15) is 20.6 Å². The topological polar surface area (TPSA) is 48.5 Å². The Kier molecular flexibility index (Phi) is 4.52.